The summed E-state index contributed by atoms with van der Waals surface area (Å²) in [7, 11) is 0. The highest BCUT2D eigenvalue weighted by molar-refractivity contribution is 6.16. The third-order valence-electron chi connectivity index (χ3n) is 2.16. The average molecular weight is 253 g/mol. The molecule has 0 saturated heterocycles. The molecule has 0 aliphatic carbocycles. The maximum absolute atomic E-state index is 13.3. The predicted octanol–water partition coefficient (Wildman–Crippen LogP) is 3.46. The number of hydrogen-bond donors (Lipinski definition) is 0. The van der Waals surface area contributed by atoms with Crippen molar-refractivity contribution in [3.8, 4) is 11.6 Å². The van der Waals surface area contributed by atoms with Gasteiger partial charge in [0.2, 0.25) is 5.88 Å². The molecule has 1 heterocycles. The van der Waals surface area contributed by atoms with Crippen LogP contribution in [0, 0.1) is 12.7 Å². The number of alkyl halides is 1. The molecule has 0 aliphatic heterocycles. The van der Waals surface area contributed by atoms with E-state index in [2.05, 4.69) is 9.97 Å². The lowest BCUT2D eigenvalue weighted by Gasteiger charge is -2.06. The smallest absolute Gasteiger partial charge is 0.238 e. The van der Waals surface area contributed by atoms with Crippen molar-refractivity contribution in [3.05, 3.63) is 47.7 Å². The van der Waals surface area contributed by atoms with Crippen LogP contribution in [-0.4, -0.2) is 9.97 Å². The number of aromatic nitrogens is 2. The fraction of sp³-hybridized carbons (Fsp3) is 0.167. The van der Waals surface area contributed by atoms with Gasteiger partial charge in [0, 0.05) is 12.3 Å². The van der Waals surface area contributed by atoms with E-state index in [9.17, 15) is 4.39 Å². The zero-order valence-corrected chi connectivity index (χ0v) is 9.91. The van der Waals surface area contributed by atoms with Crippen LogP contribution in [-0.2, 0) is 5.88 Å². The normalized spacial score (nSPS) is 10.3. The molecule has 0 saturated carbocycles. The van der Waals surface area contributed by atoms with E-state index in [1.54, 1.807) is 25.3 Å². The van der Waals surface area contributed by atoms with Crippen LogP contribution in [0.2, 0.25) is 0 Å². The SMILES string of the molecule is Cc1ccc(Oc2cncc(CCl)n2)cc1F. The van der Waals surface area contributed by atoms with E-state index in [-0.39, 0.29) is 11.7 Å². The minimum atomic E-state index is -0.316. The average Bonchev–Trinajstić information content (AvgIpc) is 2.34. The van der Waals surface area contributed by atoms with Crippen LogP contribution in [0.25, 0.3) is 0 Å². The first-order valence-corrected chi connectivity index (χ1v) is 5.53. The molecule has 0 amide bonds. The second-order valence-electron chi connectivity index (χ2n) is 3.50. The number of rotatable bonds is 3. The molecule has 0 aliphatic rings. The van der Waals surface area contributed by atoms with Gasteiger partial charge in [0.05, 0.1) is 17.8 Å². The first-order chi connectivity index (χ1) is 8.19. The molecule has 17 heavy (non-hydrogen) atoms. The zero-order chi connectivity index (χ0) is 12.3. The van der Waals surface area contributed by atoms with Crippen molar-refractivity contribution in [1.29, 1.82) is 0 Å². The summed E-state index contributed by atoms with van der Waals surface area (Å²) in [6, 6.07) is 4.63. The van der Waals surface area contributed by atoms with Gasteiger partial charge in [0.1, 0.15) is 11.6 Å². The highest BCUT2D eigenvalue weighted by atomic mass is 35.5. The minimum Gasteiger partial charge on any atom is -0.437 e. The Morgan fingerprint density at radius 2 is 2.18 bits per heavy atom. The Morgan fingerprint density at radius 1 is 1.35 bits per heavy atom. The van der Waals surface area contributed by atoms with Crippen molar-refractivity contribution in [2.24, 2.45) is 0 Å². The molecule has 0 atom stereocenters. The predicted molar refractivity (Wildman–Crippen MR) is 62.8 cm³/mol. The Morgan fingerprint density at radius 3 is 2.88 bits per heavy atom. The van der Waals surface area contributed by atoms with E-state index < -0.39 is 0 Å². The van der Waals surface area contributed by atoms with E-state index in [1.807, 2.05) is 0 Å². The van der Waals surface area contributed by atoms with Crippen molar-refractivity contribution >= 4 is 11.6 Å². The second-order valence-corrected chi connectivity index (χ2v) is 3.76. The van der Waals surface area contributed by atoms with Crippen LogP contribution in [0.1, 0.15) is 11.3 Å². The van der Waals surface area contributed by atoms with Crippen LogP contribution in [0.4, 0.5) is 4.39 Å². The number of aryl methyl sites for hydroxylation is 1. The summed E-state index contributed by atoms with van der Waals surface area (Å²) in [5.41, 5.74) is 1.18. The summed E-state index contributed by atoms with van der Waals surface area (Å²) in [6.07, 6.45) is 3.00. The fourth-order valence-electron chi connectivity index (χ4n) is 1.26. The van der Waals surface area contributed by atoms with Crippen LogP contribution in [0.5, 0.6) is 11.6 Å². The van der Waals surface area contributed by atoms with Crippen molar-refractivity contribution in [1.82, 2.24) is 9.97 Å². The molecule has 3 nitrogen and oxygen atoms in total. The molecule has 0 spiro atoms. The summed E-state index contributed by atoms with van der Waals surface area (Å²) < 4.78 is 18.7. The monoisotopic (exact) mass is 252 g/mol. The van der Waals surface area contributed by atoms with Gasteiger partial charge in [-0.2, -0.15) is 0 Å². The van der Waals surface area contributed by atoms with Gasteiger partial charge in [-0.15, -0.1) is 11.6 Å². The van der Waals surface area contributed by atoms with E-state index in [4.69, 9.17) is 16.3 Å². The molecule has 5 heteroatoms. The van der Waals surface area contributed by atoms with Crippen molar-refractivity contribution in [2.45, 2.75) is 12.8 Å². The Hall–Kier alpha value is -1.68. The van der Waals surface area contributed by atoms with Gasteiger partial charge < -0.3 is 4.74 Å². The van der Waals surface area contributed by atoms with Gasteiger partial charge in [-0.1, -0.05) is 6.07 Å². The molecule has 0 bridgehead atoms. The number of hydrogen-bond acceptors (Lipinski definition) is 3. The van der Waals surface area contributed by atoms with Gasteiger partial charge in [-0.05, 0) is 18.6 Å². The zero-order valence-electron chi connectivity index (χ0n) is 9.15. The Labute approximate surface area is 103 Å². The third kappa shape index (κ3) is 2.91. The molecular weight excluding hydrogens is 243 g/mol. The Kier molecular flexibility index (Phi) is 3.54. The van der Waals surface area contributed by atoms with Crippen LogP contribution in [0.3, 0.4) is 0 Å². The molecule has 1 aromatic heterocycles. The number of ether oxygens (including phenoxy) is 1. The summed E-state index contributed by atoms with van der Waals surface area (Å²) in [6.45, 7) is 1.69. The third-order valence-corrected chi connectivity index (χ3v) is 2.44. The number of halogens is 2. The van der Waals surface area contributed by atoms with E-state index in [0.717, 1.165) is 0 Å². The quantitative estimate of drug-likeness (QED) is 0.785. The fourth-order valence-corrected chi connectivity index (χ4v) is 1.39. The molecule has 0 N–H and O–H groups in total. The maximum Gasteiger partial charge on any atom is 0.238 e. The first-order valence-electron chi connectivity index (χ1n) is 5.00. The standard InChI is InChI=1S/C12H10ClFN2O/c1-8-2-3-10(4-11(8)14)17-12-7-15-6-9(5-13)16-12/h2-4,6-7H,5H2,1H3. The van der Waals surface area contributed by atoms with Gasteiger partial charge in [-0.25, -0.2) is 9.37 Å². The lowest BCUT2D eigenvalue weighted by Crippen LogP contribution is -1.94. The van der Waals surface area contributed by atoms with Crippen LogP contribution < -0.4 is 4.74 Å². The first kappa shape index (κ1) is 11.8. The molecule has 1 aromatic carbocycles. The lowest BCUT2D eigenvalue weighted by molar-refractivity contribution is 0.453. The molecule has 88 valence electrons. The van der Waals surface area contributed by atoms with Crippen molar-refractivity contribution in [3.63, 3.8) is 0 Å². The molecular formula is C12H10ClFN2O. The summed E-state index contributed by atoms with van der Waals surface area (Å²) in [5.74, 6) is 0.622. The van der Waals surface area contributed by atoms with Crippen LogP contribution >= 0.6 is 11.6 Å². The molecule has 0 unspecified atom stereocenters. The van der Waals surface area contributed by atoms with E-state index in [0.29, 0.717) is 22.9 Å². The maximum atomic E-state index is 13.3. The van der Waals surface area contributed by atoms with Crippen molar-refractivity contribution < 1.29 is 9.13 Å². The van der Waals surface area contributed by atoms with E-state index in [1.165, 1.54) is 12.3 Å². The van der Waals surface area contributed by atoms with Gasteiger partial charge in [0.25, 0.3) is 0 Å². The van der Waals surface area contributed by atoms with Crippen LogP contribution in [0.15, 0.2) is 30.6 Å². The van der Waals surface area contributed by atoms with Gasteiger partial charge in [0.15, 0.2) is 0 Å². The second kappa shape index (κ2) is 5.10. The summed E-state index contributed by atoms with van der Waals surface area (Å²) in [5, 5.41) is 0. The topological polar surface area (TPSA) is 35.0 Å². The van der Waals surface area contributed by atoms with Gasteiger partial charge in [-0.3, -0.25) is 4.98 Å². The molecule has 0 radical (unpaired) electrons. The number of benzene rings is 1. The largest absolute Gasteiger partial charge is 0.437 e. The Bertz CT molecular complexity index is 534. The summed E-state index contributed by atoms with van der Waals surface area (Å²) >= 11 is 5.63. The Balaban J connectivity index is 2.22. The van der Waals surface area contributed by atoms with Gasteiger partial charge >= 0.3 is 0 Å². The van der Waals surface area contributed by atoms with Crippen molar-refractivity contribution in [2.75, 3.05) is 0 Å². The number of nitrogens with zero attached hydrogens (tertiary/aromatic N) is 2. The minimum absolute atomic E-state index is 0.256. The lowest BCUT2D eigenvalue weighted by atomic mass is 10.2. The molecule has 0 fully saturated rings. The highest BCUT2D eigenvalue weighted by Crippen LogP contribution is 2.21. The molecule has 2 rings (SSSR count). The highest BCUT2D eigenvalue weighted by Gasteiger charge is 2.04. The molecule has 2 aromatic rings. The summed E-state index contributed by atoms with van der Waals surface area (Å²) in [4.78, 5) is 8.03. The van der Waals surface area contributed by atoms with E-state index >= 15 is 0 Å².